The van der Waals surface area contributed by atoms with Crippen molar-refractivity contribution in [2.24, 2.45) is 0 Å². The Kier molecular flexibility index (Phi) is 6.60. The number of amides is 1. The molecule has 1 aromatic rings. The summed E-state index contributed by atoms with van der Waals surface area (Å²) >= 11 is 1.53. The summed E-state index contributed by atoms with van der Waals surface area (Å²) in [6.07, 6.45) is 0.705. The Morgan fingerprint density at radius 2 is 2.33 bits per heavy atom. The predicted octanol–water partition coefficient (Wildman–Crippen LogP) is 2.14. The summed E-state index contributed by atoms with van der Waals surface area (Å²) in [4.78, 5) is 11.7. The van der Waals surface area contributed by atoms with Crippen LogP contribution in [0.2, 0.25) is 0 Å². The van der Waals surface area contributed by atoms with E-state index in [1.54, 1.807) is 13.2 Å². The van der Waals surface area contributed by atoms with Crippen LogP contribution >= 0.6 is 11.8 Å². The second-order valence-corrected chi connectivity index (χ2v) is 5.34. The van der Waals surface area contributed by atoms with Crippen molar-refractivity contribution < 1.29 is 14.6 Å². The zero-order valence-electron chi connectivity index (χ0n) is 10.7. The van der Waals surface area contributed by atoms with Crippen LogP contribution in [0.1, 0.15) is 13.3 Å². The van der Waals surface area contributed by atoms with Crippen molar-refractivity contribution in [2.75, 3.05) is 24.8 Å². The normalized spacial score (nSPS) is 11.9. The zero-order valence-corrected chi connectivity index (χ0v) is 11.5. The third-order valence-corrected chi connectivity index (χ3v) is 3.62. The summed E-state index contributed by atoms with van der Waals surface area (Å²) in [6.45, 7) is 2.16. The lowest BCUT2D eigenvalue weighted by molar-refractivity contribution is -0.113. The fraction of sp³-hybridized carbons (Fsp3) is 0.462. The third kappa shape index (κ3) is 5.42. The molecule has 0 saturated carbocycles. The van der Waals surface area contributed by atoms with Gasteiger partial charge in [-0.15, -0.1) is 11.8 Å². The Morgan fingerprint density at radius 3 is 3.00 bits per heavy atom. The van der Waals surface area contributed by atoms with E-state index in [1.807, 2.05) is 25.1 Å². The number of ether oxygens (including phenoxy) is 1. The number of aliphatic hydroxyl groups is 1. The van der Waals surface area contributed by atoms with E-state index >= 15 is 0 Å². The average molecular weight is 269 g/mol. The molecule has 18 heavy (non-hydrogen) atoms. The predicted molar refractivity (Wildman–Crippen MR) is 75.2 cm³/mol. The topological polar surface area (TPSA) is 58.6 Å². The van der Waals surface area contributed by atoms with E-state index in [0.29, 0.717) is 17.9 Å². The van der Waals surface area contributed by atoms with Crippen LogP contribution in [0.4, 0.5) is 5.69 Å². The first-order chi connectivity index (χ1) is 8.65. The third-order valence-electron chi connectivity index (χ3n) is 2.39. The van der Waals surface area contributed by atoms with E-state index in [9.17, 15) is 4.79 Å². The fourth-order valence-electron chi connectivity index (χ4n) is 1.38. The van der Waals surface area contributed by atoms with Gasteiger partial charge >= 0.3 is 0 Å². The Balaban J connectivity index is 2.39. The lowest BCUT2D eigenvalue weighted by Crippen LogP contribution is -2.16. The van der Waals surface area contributed by atoms with E-state index in [1.165, 1.54) is 11.8 Å². The zero-order chi connectivity index (χ0) is 13.4. The van der Waals surface area contributed by atoms with Gasteiger partial charge < -0.3 is 15.2 Å². The van der Waals surface area contributed by atoms with Gasteiger partial charge in [-0.3, -0.25) is 4.79 Å². The van der Waals surface area contributed by atoms with Gasteiger partial charge in [0.05, 0.1) is 12.9 Å². The largest absolute Gasteiger partial charge is 0.497 e. The van der Waals surface area contributed by atoms with Crippen molar-refractivity contribution in [3.63, 3.8) is 0 Å². The molecular weight excluding hydrogens is 250 g/mol. The molecule has 0 saturated heterocycles. The molecule has 0 radical (unpaired) electrons. The molecule has 0 bridgehead atoms. The molecule has 1 unspecified atom stereocenters. The highest BCUT2D eigenvalue weighted by Gasteiger charge is 2.07. The number of hydrogen-bond acceptors (Lipinski definition) is 4. The number of nitrogens with one attached hydrogen (secondary N) is 1. The van der Waals surface area contributed by atoms with Crippen LogP contribution in [0.15, 0.2) is 24.3 Å². The number of rotatable bonds is 7. The standard InChI is InChI=1S/C13H19NO3S/c1-10(6-7-15)18-9-13(16)14-11-4-3-5-12(8-11)17-2/h3-5,8,10,15H,6-7,9H2,1-2H3,(H,14,16). The summed E-state index contributed by atoms with van der Waals surface area (Å²) in [5, 5.41) is 11.9. The Labute approximate surface area is 112 Å². The molecule has 0 aliphatic carbocycles. The van der Waals surface area contributed by atoms with Gasteiger partial charge in [-0.05, 0) is 18.6 Å². The van der Waals surface area contributed by atoms with Gasteiger partial charge in [-0.1, -0.05) is 13.0 Å². The van der Waals surface area contributed by atoms with Crippen molar-refractivity contribution in [1.82, 2.24) is 0 Å². The summed E-state index contributed by atoms with van der Waals surface area (Å²) in [7, 11) is 1.59. The van der Waals surface area contributed by atoms with Crippen molar-refractivity contribution >= 4 is 23.4 Å². The van der Waals surface area contributed by atoms with Gasteiger partial charge in [0.15, 0.2) is 0 Å². The molecular formula is C13H19NO3S. The molecule has 2 N–H and O–H groups in total. The van der Waals surface area contributed by atoms with Crippen LogP contribution in [0, 0.1) is 0 Å². The number of hydrogen-bond donors (Lipinski definition) is 2. The SMILES string of the molecule is COc1cccc(NC(=O)CSC(C)CCO)c1. The molecule has 0 aromatic heterocycles. The molecule has 0 heterocycles. The number of aliphatic hydroxyl groups excluding tert-OH is 1. The van der Waals surface area contributed by atoms with Crippen molar-refractivity contribution in [1.29, 1.82) is 0 Å². The van der Waals surface area contributed by atoms with Gasteiger partial charge in [0.25, 0.3) is 0 Å². The smallest absolute Gasteiger partial charge is 0.234 e. The van der Waals surface area contributed by atoms with Crippen LogP contribution < -0.4 is 10.1 Å². The van der Waals surface area contributed by atoms with Gasteiger partial charge in [0.2, 0.25) is 5.91 Å². The van der Waals surface area contributed by atoms with Gasteiger partial charge in [-0.25, -0.2) is 0 Å². The summed E-state index contributed by atoms with van der Waals surface area (Å²) in [5.74, 6) is 1.06. The van der Waals surface area contributed by atoms with Gasteiger partial charge in [0.1, 0.15) is 5.75 Å². The molecule has 0 aliphatic rings. The van der Waals surface area contributed by atoms with E-state index in [2.05, 4.69) is 5.32 Å². The lowest BCUT2D eigenvalue weighted by atomic mass is 10.3. The first-order valence-corrected chi connectivity index (χ1v) is 6.87. The minimum absolute atomic E-state index is 0.0435. The second-order valence-electron chi connectivity index (χ2n) is 3.91. The minimum Gasteiger partial charge on any atom is -0.497 e. The maximum absolute atomic E-state index is 11.7. The van der Waals surface area contributed by atoms with Crippen molar-refractivity contribution in [2.45, 2.75) is 18.6 Å². The monoisotopic (exact) mass is 269 g/mol. The summed E-state index contributed by atoms with van der Waals surface area (Å²) in [5.41, 5.74) is 0.731. The number of benzene rings is 1. The van der Waals surface area contributed by atoms with Gasteiger partial charge in [0, 0.05) is 23.6 Å². The lowest BCUT2D eigenvalue weighted by Gasteiger charge is -2.10. The molecule has 0 aliphatic heterocycles. The molecule has 100 valence electrons. The number of thioether (sulfide) groups is 1. The minimum atomic E-state index is -0.0435. The Hall–Kier alpha value is -1.20. The quantitative estimate of drug-likeness (QED) is 0.796. The molecule has 1 rings (SSSR count). The second kappa shape index (κ2) is 8.00. The van der Waals surface area contributed by atoms with Crippen LogP contribution in [0.3, 0.4) is 0 Å². The number of carbonyl (C=O) groups is 1. The average Bonchev–Trinajstić information content (AvgIpc) is 2.37. The van der Waals surface area contributed by atoms with Gasteiger partial charge in [-0.2, -0.15) is 0 Å². The summed E-state index contributed by atoms with van der Waals surface area (Å²) < 4.78 is 5.08. The van der Waals surface area contributed by atoms with Crippen molar-refractivity contribution in [3.05, 3.63) is 24.3 Å². The first kappa shape index (κ1) is 14.9. The summed E-state index contributed by atoms with van der Waals surface area (Å²) in [6, 6.07) is 7.26. The maximum atomic E-state index is 11.7. The number of anilines is 1. The van der Waals surface area contributed by atoms with E-state index < -0.39 is 0 Å². The first-order valence-electron chi connectivity index (χ1n) is 5.82. The highest BCUT2D eigenvalue weighted by atomic mass is 32.2. The Morgan fingerprint density at radius 1 is 1.56 bits per heavy atom. The fourth-order valence-corrected chi connectivity index (χ4v) is 2.16. The van der Waals surface area contributed by atoms with E-state index in [4.69, 9.17) is 9.84 Å². The maximum Gasteiger partial charge on any atom is 0.234 e. The Bertz CT molecular complexity index is 384. The highest BCUT2D eigenvalue weighted by Crippen LogP contribution is 2.18. The van der Waals surface area contributed by atoms with Crippen LogP contribution in [0.5, 0.6) is 5.75 Å². The van der Waals surface area contributed by atoms with E-state index in [0.717, 1.165) is 5.69 Å². The van der Waals surface area contributed by atoms with Crippen LogP contribution in [-0.2, 0) is 4.79 Å². The number of methoxy groups -OCH3 is 1. The molecule has 1 atom stereocenters. The number of carbonyl (C=O) groups excluding carboxylic acids is 1. The highest BCUT2D eigenvalue weighted by molar-refractivity contribution is 8.00. The molecule has 1 aromatic carbocycles. The van der Waals surface area contributed by atoms with Crippen LogP contribution in [-0.4, -0.2) is 35.7 Å². The molecule has 0 spiro atoms. The molecule has 4 nitrogen and oxygen atoms in total. The molecule has 5 heteroatoms. The van der Waals surface area contributed by atoms with Crippen molar-refractivity contribution in [3.8, 4) is 5.75 Å². The van der Waals surface area contributed by atoms with E-state index in [-0.39, 0.29) is 17.8 Å². The molecule has 1 amide bonds. The molecule has 0 fully saturated rings. The van der Waals surface area contributed by atoms with Crippen LogP contribution in [0.25, 0.3) is 0 Å².